The standard InChI is InChI=1S/C15H21NO2S/c1-11-7-4-5-8-13(11)15-16(9-6-10-18-3)14(17)12(2)19-15/h4-5,7-8,12,15H,6,9-10H2,1-3H3/t12-,15+/m1/s1. The van der Waals surface area contributed by atoms with Gasteiger partial charge in [0.2, 0.25) is 5.91 Å². The van der Waals surface area contributed by atoms with Crippen molar-refractivity contribution in [1.29, 1.82) is 0 Å². The van der Waals surface area contributed by atoms with Crippen molar-refractivity contribution < 1.29 is 9.53 Å². The summed E-state index contributed by atoms with van der Waals surface area (Å²) in [5, 5.41) is 0.202. The van der Waals surface area contributed by atoms with Crippen LogP contribution in [-0.2, 0) is 9.53 Å². The Bertz CT molecular complexity index is 450. The fourth-order valence-electron chi connectivity index (χ4n) is 2.39. The maximum absolute atomic E-state index is 12.3. The number of carbonyl (C=O) groups excluding carboxylic acids is 1. The quantitative estimate of drug-likeness (QED) is 0.776. The summed E-state index contributed by atoms with van der Waals surface area (Å²) in [5.41, 5.74) is 2.50. The van der Waals surface area contributed by atoms with E-state index in [1.807, 2.05) is 24.0 Å². The first-order chi connectivity index (χ1) is 9.15. The minimum atomic E-state index is 0.0483. The van der Waals surface area contributed by atoms with Gasteiger partial charge < -0.3 is 9.64 Å². The van der Waals surface area contributed by atoms with Crippen LogP contribution in [0.5, 0.6) is 0 Å². The number of ether oxygens (including phenoxy) is 1. The molecule has 1 heterocycles. The molecule has 2 atom stereocenters. The lowest BCUT2D eigenvalue weighted by Gasteiger charge is -2.25. The van der Waals surface area contributed by atoms with E-state index in [0.717, 1.165) is 13.0 Å². The molecule has 0 radical (unpaired) electrons. The highest BCUT2D eigenvalue weighted by molar-refractivity contribution is 8.01. The van der Waals surface area contributed by atoms with Gasteiger partial charge in [0.25, 0.3) is 0 Å². The molecule has 0 spiro atoms. The van der Waals surface area contributed by atoms with Crippen molar-refractivity contribution in [3.05, 3.63) is 35.4 Å². The lowest BCUT2D eigenvalue weighted by Crippen LogP contribution is -2.32. The topological polar surface area (TPSA) is 29.5 Å². The highest BCUT2D eigenvalue weighted by atomic mass is 32.2. The van der Waals surface area contributed by atoms with Crippen LogP contribution < -0.4 is 0 Å². The molecule has 1 fully saturated rings. The molecule has 0 bridgehead atoms. The van der Waals surface area contributed by atoms with Crippen molar-refractivity contribution in [2.75, 3.05) is 20.3 Å². The van der Waals surface area contributed by atoms with Crippen LogP contribution in [0.1, 0.15) is 29.8 Å². The van der Waals surface area contributed by atoms with Crippen LogP contribution in [0.15, 0.2) is 24.3 Å². The molecule has 0 aromatic heterocycles. The summed E-state index contributed by atoms with van der Waals surface area (Å²) in [4.78, 5) is 14.3. The molecule has 1 aliphatic rings. The smallest absolute Gasteiger partial charge is 0.236 e. The fourth-order valence-corrected chi connectivity index (χ4v) is 3.79. The molecule has 0 aliphatic carbocycles. The largest absolute Gasteiger partial charge is 0.385 e. The van der Waals surface area contributed by atoms with Gasteiger partial charge in [0.15, 0.2) is 0 Å². The number of thioether (sulfide) groups is 1. The van der Waals surface area contributed by atoms with Gasteiger partial charge in [-0.25, -0.2) is 0 Å². The normalized spacial score (nSPS) is 23.1. The molecule has 104 valence electrons. The molecule has 0 unspecified atom stereocenters. The first-order valence-corrected chi connectivity index (χ1v) is 7.60. The molecule has 3 nitrogen and oxygen atoms in total. The second-order valence-electron chi connectivity index (χ2n) is 4.87. The van der Waals surface area contributed by atoms with Crippen LogP contribution in [-0.4, -0.2) is 36.3 Å². The monoisotopic (exact) mass is 279 g/mol. The predicted molar refractivity (Wildman–Crippen MR) is 79.2 cm³/mol. The van der Waals surface area contributed by atoms with Crippen molar-refractivity contribution in [3.63, 3.8) is 0 Å². The van der Waals surface area contributed by atoms with Gasteiger partial charge in [0.05, 0.1) is 5.25 Å². The molecule has 1 aromatic carbocycles. The number of methoxy groups -OCH3 is 1. The second kappa shape index (κ2) is 6.44. The summed E-state index contributed by atoms with van der Waals surface area (Å²) >= 11 is 1.74. The summed E-state index contributed by atoms with van der Waals surface area (Å²) in [6.07, 6.45) is 0.887. The zero-order chi connectivity index (χ0) is 13.8. The molecule has 19 heavy (non-hydrogen) atoms. The van der Waals surface area contributed by atoms with Gasteiger partial charge in [-0.15, -0.1) is 11.8 Å². The number of nitrogens with zero attached hydrogens (tertiary/aromatic N) is 1. The van der Waals surface area contributed by atoms with E-state index < -0.39 is 0 Å². The van der Waals surface area contributed by atoms with E-state index in [4.69, 9.17) is 4.74 Å². The molecule has 1 amide bonds. The predicted octanol–water partition coefficient (Wildman–Crippen LogP) is 2.99. The zero-order valence-corrected chi connectivity index (χ0v) is 12.6. The Kier molecular flexibility index (Phi) is 4.88. The first-order valence-electron chi connectivity index (χ1n) is 6.65. The third-order valence-corrected chi connectivity index (χ3v) is 4.83. The Labute approximate surface area is 119 Å². The van der Waals surface area contributed by atoms with Gasteiger partial charge >= 0.3 is 0 Å². The van der Waals surface area contributed by atoms with E-state index in [1.54, 1.807) is 18.9 Å². The molecule has 2 rings (SSSR count). The maximum atomic E-state index is 12.3. The molecular weight excluding hydrogens is 258 g/mol. The number of rotatable bonds is 5. The van der Waals surface area contributed by atoms with Crippen LogP contribution in [0.4, 0.5) is 0 Å². The van der Waals surface area contributed by atoms with Crippen LogP contribution in [0.3, 0.4) is 0 Å². The van der Waals surface area contributed by atoms with E-state index in [2.05, 4.69) is 19.1 Å². The van der Waals surface area contributed by atoms with Gasteiger partial charge in [-0.3, -0.25) is 4.79 Å². The van der Waals surface area contributed by atoms with Crippen LogP contribution in [0, 0.1) is 6.92 Å². The van der Waals surface area contributed by atoms with E-state index in [0.29, 0.717) is 6.61 Å². The van der Waals surface area contributed by atoms with E-state index in [9.17, 15) is 4.79 Å². The maximum Gasteiger partial charge on any atom is 0.236 e. The lowest BCUT2D eigenvalue weighted by molar-refractivity contribution is -0.130. The Hall–Kier alpha value is -1.00. The van der Waals surface area contributed by atoms with E-state index in [-0.39, 0.29) is 16.5 Å². The summed E-state index contributed by atoms with van der Waals surface area (Å²) in [6.45, 7) is 5.57. The molecule has 4 heteroatoms. The molecule has 1 saturated heterocycles. The van der Waals surface area contributed by atoms with E-state index >= 15 is 0 Å². The van der Waals surface area contributed by atoms with Crippen molar-refractivity contribution >= 4 is 17.7 Å². The van der Waals surface area contributed by atoms with Crippen molar-refractivity contribution in [2.45, 2.75) is 30.9 Å². The van der Waals surface area contributed by atoms with Crippen molar-refractivity contribution in [1.82, 2.24) is 4.90 Å². The summed E-state index contributed by atoms with van der Waals surface area (Å²) in [5.74, 6) is 0.245. The lowest BCUT2D eigenvalue weighted by atomic mass is 10.1. The Morgan fingerprint density at radius 3 is 2.79 bits per heavy atom. The van der Waals surface area contributed by atoms with Gasteiger partial charge in [0.1, 0.15) is 5.37 Å². The Morgan fingerprint density at radius 2 is 2.11 bits per heavy atom. The second-order valence-corrected chi connectivity index (χ2v) is 6.29. The number of hydrogen-bond acceptors (Lipinski definition) is 3. The number of carbonyl (C=O) groups is 1. The summed E-state index contributed by atoms with van der Waals surface area (Å²) < 4.78 is 5.08. The summed E-state index contributed by atoms with van der Waals surface area (Å²) in [7, 11) is 1.70. The average molecular weight is 279 g/mol. The van der Waals surface area contributed by atoms with Crippen LogP contribution >= 0.6 is 11.8 Å². The van der Waals surface area contributed by atoms with Crippen LogP contribution in [0.25, 0.3) is 0 Å². The minimum Gasteiger partial charge on any atom is -0.385 e. The molecule has 0 N–H and O–H groups in total. The highest BCUT2D eigenvalue weighted by Gasteiger charge is 2.38. The number of benzene rings is 1. The van der Waals surface area contributed by atoms with Crippen molar-refractivity contribution in [3.8, 4) is 0 Å². The molecule has 1 aliphatic heterocycles. The molecular formula is C15H21NO2S. The Balaban J connectivity index is 2.17. The Morgan fingerprint density at radius 1 is 1.37 bits per heavy atom. The molecule has 1 aromatic rings. The van der Waals surface area contributed by atoms with Gasteiger partial charge in [-0.2, -0.15) is 0 Å². The average Bonchev–Trinajstić information content (AvgIpc) is 2.68. The zero-order valence-electron chi connectivity index (χ0n) is 11.8. The minimum absolute atomic E-state index is 0.0483. The van der Waals surface area contributed by atoms with E-state index in [1.165, 1.54) is 11.1 Å². The van der Waals surface area contributed by atoms with Gasteiger partial charge in [0, 0.05) is 20.3 Å². The van der Waals surface area contributed by atoms with Gasteiger partial charge in [-0.1, -0.05) is 24.3 Å². The number of hydrogen-bond donors (Lipinski definition) is 0. The number of amides is 1. The third kappa shape index (κ3) is 3.12. The fraction of sp³-hybridized carbons (Fsp3) is 0.533. The van der Waals surface area contributed by atoms with Crippen molar-refractivity contribution in [2.24, 2.45) is 0 Å². The molecule has 0 saturated carbocycles. The highest BCUT2D eigenvalue weighted by Crippen LogP contribution is 2.43. The van der Waals surface area contributed by atoms with Crippen LogP contribution in [0.2, 0.25) is 0 Å². The number of aryl methyl sites for hydroxylation is 1. The SMILES string of the molecule is COCCCN1C(=O)[C@@H](C)S[C@H]1c1ccccc1C. The first kappa shape index (κ1) is 14.4. The van der Waals surface area contributed by atoms with Gasteiger partial charge in [-0.05, 0) is 31.4 Å². The summed E-state index contributed by atoms with van der Waals surface area (Å²) in [6, 6.07) is 8.32. The third-order valence-electron chi connectivity index (χ3n) is 3.45.